The Kier molecular flexibility index (Phi) is 5.78. The van der Waals surface area contributed by atoms with E-state index < -0.39 is 17.6 Å². The second-order valence-corrected chi connectivity index (χ2v) is 6.45. The van der Waals surface area contributed by atoms with Crippen LogP contribution in [-0.2, 0) is 6.18 Å². The second-order valence-electron chi connectivity index (χ2n) is 5.62. The lowest BCUT2D eigenvalue weighted by atomic mass is 10.2. The Bertz CT molecular complexity index is 1130. The summed E-state index contributed by atoms with van der Waals surface area (Å²) in [6.07, 6.45) is -1.30. The van der Waals surface area contributed by atoms with Gasteiger partial charge in [0.1, 0.15) is 11.6 Å². The van der Waals surface area contributed by atoms with Crippen LogP contribution in [0.2, 0.25) is 0 Å². The van der Waals surface area contributed by atoms with Gasteiger partial charge >= 0.3 is 6.18 Å². The largest absolute Gasteiger partial charge is 0.439 e. The Hall–Kier alpha value is -3.47. The van der Waals surface area contributed by atoms with E-state index in [-0.39, 0.29) is 11.6 Å². The molecule has 0 aliphatic carbocycles. The van der Waals surface area contributed by atoms with E-state index in [0.29, 0.717) is 23.8 Å². The molecular weight excluding hydrogens is 410 g/mol. The zero-order valence-electron chi connectivity index (χ0n) is 14.5. The Balaban J connectivity index is 0.000000177. The number of hydrogen-bond donors (Lipinski definition) is 2. The third kappa shape index (κ3) is 5.29. The maximum absolute atomic E-state index is 12.5. The fourth-order valence-electron chi connectivity index (χ4n) is 2.20. The van der Waals surface area contributed by atoms with Gasteiger partial charge < -0.3 is 16.2 Å². The molecule has 0 fully saturated rings. The smallest absolute Gasteiger partial charge is 0.419 e. The summed E-state index contributed by atoms with van der Waals surface area (Å²) in [5.41, 5.74) is 9.09. The van der Waals surface area contributed by atoms with E-state index in [1.165, 1.54) is 11.5 Å². The quantitative estimate of drug-likeness (QED) is 0.352. The zero-order chi connectivity index (χ0) is 21.0. The van der Waals surface area contributed by atoms with Gasteiger partial charge in [-0.2, -0.15) is 22.5 Å². The fraction of sp³-hybridized carbons (Fsp3) is 0.0556. The predicted octanol–water partition coefficient (Wildman–Crippen LogP) is 4.89. The molecule has 0 aliphatic heterocycles. The fourth-order valence-corrected chi connectivity index (χ4v) is 2.87. The monoisotopic (exact) mass is 423 g/mol. The standard InChI is InChI=1S/C11H8N4OS.C7H5F4N/c12-11-13-4-3-10(15-11)16-8-2-1-7-6-14-17-9(7)5-8;8-6-2-1-4(12)3-5(6)7(9,10)11/h1-6H,(H2,12,13,15);1-3H,12H2. The number of nitrogen functional groups attached to an aromatic ring is 2. The summed E-state index contributed by atoms with van der Waals surface area (Å²) in [6.45, 7) is 0. The van der Waals surface area contributed by atoms with Gasteiger partial charge in [-0.05, 0) is 41.9 Å². The van der Waals surface area contributed by atoms with Crippen LogP contribution in [0.4, 0.5) is 29.2 Å². The average Bonchev–Trinajstić information content (AvgIpc) is 3.11. The topological polar surface area (TPSA) is 99.9 Å². The number of benzene rings is 2. The molecule has 0 radical (unpaired) electrons. The number of nitrogens with two attached hydrogens (primary N) is 2. The summed E-state index contributed by atoms with van der Waals surface area (Å²) < 4.78 is 59.1. The second kappa shape index (κ2) is 8.27. The molecule has 2 aromatic heterocycles. The summed E-state index contributed by atoms with van der Waals surface area (Å²) in [6, 6.07) is 9.74. The molecule has 4 aromatic rings. The van der Waals surface area contributed by atoms with E-state index in [1.807, 2.05) is 24.4 Å². The molecule has 0 atom stereocenters. The predicted molar refractivity (Wildman–Crippen MR) is 102 cm³/mol. The number of hydrogen-bond acceptors (Lipinski definition) is 7. The van der Waals surface area contributed by atoms with E-state index in [0.717, 1.165) is 16.2 Å². The van der Waals surface area contributed by atoms with Gasteiger partial charge in [-0.1, -0.05) is 0 Å². The van der Waals surface area contributed by atoms with Crippen LogP contribution in [0.5, 0.6) is 11.6 Å². The molecule has 0 aliphatic rings. The van der Waals surface area contributed by atoms with Crippen molar-refractivity contribution >= 4 is 33.3 Å². The molecule has 29 heavy (non-hydrogen) atoms. The van der Waals surface area contributed by atoms with Crippen molar-refractivity contribution in [3.05, 3.63) is 66.2 Å². The van der Waals surface area contributed by atoms with Crippen molar-refractivity contribution < 1.29 is 22.3 Å². The van der Waals surface area contributed by atoms with Crippen molar-refractivity contribution in [1.82, 2.24) is 14.3 Å². The lowest BCUT2D eigenvalue weighted by Gasteiger charge is -2.07. The highest BCUT2D eigenvalue weighted by Gasteiger charge is 2.33. The van der Waals surface area contributed by atoms with Crippen molar-refractivity contribution in [3.63, 3.8) is 0 Å². The van der Waals surface area contributed by atoms with Crippen LogP contribution in [0, 0.1) is 5.82 Å². The first-order valence-electron chi connectivity index (χ1n) is 7.95. The molecule has 4 N–H and O–H groups in total. The highest BCUT2D eigenvalue weighted by Crippen LogP contribution is 2.32. The molecule has 11 heteroatoms. The maximum atomic E-state index is 12.5. The number of aromatic nitrogens is 3. The Labute approximate surface area is 165 Å². The first kappa shape index (κ1) is 20.3. The number of halogens is 4. The van der Waals surface area contributed by atoms with Crippen molar-refractivity contribution in [3.8, 4) is 11.6 Å². The number of ether oxygens (including phenoxy) is 1. The molecule has 0 spiro atoms. The van der Waals surface area contributed by atoms with Gasteiger partial charge in [-0.3, -0.25) is 0 Å². The SMILES string of the molecule is Nc1ccc(F)c(C(F)(F)F)c1.Nc1nccc(Oc2ccc3cnsc3c2)n1. The third-order valence-electron chi connectivity index (χ3n) is 3.49. The van der Waals surface area contributed by atoms with E-state index >= 15 is 0 Å². The molecular formula is C18H13F4N5OS. The van der Waals surface area contributed by atoms with Crippen LogP contribution < -0.4 is 16.2 Å². The summed E-state index contributed by atoms with van der Waals surface area (Å²) in [7, 11) is 0. The molecule has 2 aromatic carbocycles. The first-order valence-corrected chi connectivity index (χ1v) is 8.73. The summed E-state index contributed by atoms with van der Waals surface area (Å²) in [5.74, 6) is 0.0271. The van der Waals surface area contributed by atoms with Crippen LogP contribution >= 0.6 is 11.5 Å². The Morgan fingerprint density at radius 2 is 1.79 bits per heavy atom. The zero-order valence-corrected chi connectivity index (χ0v) is 15.3. The van der Waals surface area contributed by atoms with Gasteiger partial charge in [0, 0.05) is 35.6 Å². The van der Waals surface area contributed by atoms with Gasteiger partial charge in [0.05, 0.1) is 10.3 Å². The molecule has 0 amide bonds. The van der Waals surface area contributed by atoms with Crippen LogP contribution in [0.3, 0.4) is 0 Å². The summed E-state index contributed by atoms with van der Waals surface area (Å²) in [5, 5.41) is 1.10. The minimum atomic E-state index is -4.68. The van der Waals surface area contributed by atoms with E-state index in [9.17, 15) is 17.6 Å². The average molecular weight is 423 g/mol. The molecule has 150 valence electrons. The molecule has 4 rings (SSSR count). The van der Waals surface area contributed by atoms with Crippen LogP contribution in [0.25, 0.3) is 10.1 Å². The van der Waals surface area contributed by atoms with Gasteiger partial charge in [0.15, 0.2) is 0 Å². The van der Waals surface area contributed by atoms with E-state index in [2.05, 4.69) is 14.3 Å². The lowest BCUT2D eigenvalue weighted by Crippen LogP contribution is -2.08. The maximum Gasteiger partial charge on any atom is 0.419 e. The van der Waals surface area contributed by atoms with Crippen molar-refractivity contribution in [1.29, 1.82) is 0 Å². The van der Waals surface area contributed by atoms with Gasteiger partial charge in [0.25, 0.3) is 0 Å². The summed E-state index contributed by atoms with van der Waals surface area (Å²) in [4.78, 5) is 7.77. The number of anilines is 2. The Morgan fingerprint density at radius 3 is 2.48 bits per heavy atom. The van der Waals surface area contributed by atoms with Crippen LogP contribution in [0.1, 0.15) is 5.56 Å². The van der Waals surface area contributed by atoms with Crippen molar-refractivity contribution in [2.45, 2.75) is 6.18 Å². The molecule has 2 heterocycles. The minimum absolute atomic E-state index is 0.108. The molecule has 0 unspecified atom stereocenters. The Morgan fingerprint density at radius 1 is 1.00 bits per heavy atom. The highest BCUT2D eigenvalue weighted by atomic mass is 32.1. The minimum Gasteiger partial charge on any atom is -0.439 e. The van der Waals surface area contributed by atoms with E-state index in [1.54, 1.807) is 12.3 Å². The number of alkyl halides is 3. The molecule has 0 saturated carbocycles. The van der Waals surface area contributed by atoms with Crippen molar-refractivity contribution in [2.75, 3.05) is 11.5 Å². The van der Waals surface area contributed by atoms with Gasteiger partial charge in [-0.25, -0.2) is 9.37 Å². The molecule has 0 bridgehead atoms. The molecule has 0 saturated heterocycles. The normalized spacial score (nSPS) is 11.0. The number of fused-ring (bicyclic) bond motifs is 1. The molecule has 6 nitrogen and oxygen atoms in total. The van der Waals surface area contributed by atoms with Crippen LogP contribution in [0.15, 0.2) is 54.9 Å². The van der Waals surface area contributed by atoms with Gasteiger partial charge in [-0.15, -0.1) is 0 Å². The van der Waals surface area contributed by atoms with Crippen molar-refractivity contribution in [2.24, 2.45) is 0 Å². The van der Waals surface area contributed by atoms with Crippen LogP contribution in [-0.4, -0.2) is 14.3 Å². The lowest BCUT2D eigenvalue weighted by molar-refractivity contribution is -0.139. The first-order chi connectivity index (χ1) is 13.7. The number of nitrogens with zero attached hydrogens (tertiary/aromatic N) is 3. The highest BCUT2D eigenvalue weighted by molar-refractivity contribution is 7.13. The van der Waals surface area contributed by atoms with E-state index in [4.69, 9.17) is 16.2 Å². The summed E-state index contributed by atoms with van der Waals surface area (Å²) >= 11 is 1.43. The number of rotatable bonds is 2. The van der Waals surface area contributed by atoms with Gasteiger partial charge in [0.2, 0.25) is 11.8 Å². The third-order valence-corrected chi connectivity index (χ3v) is 4.26.